The summed E-state index contributed by atoms with van der Waals surface area (Å²) in [6, 6.07) is 96.2. The van der Waals surface area contributed by atoms with E-state index in [4.69, 9.17) is 0 Å². The smallest absolute Gasteiger partial charge is 0.0747 e. The second kappa shape index (κ2) is 15.1. The maximum Gasteiger partial charge on any atom is 0.0747 e. The zero-order valence-corrected chi connectivity index (χ0v) is 37.2. The molecule has 1 unspecified atom stereocenters. The van der Waals surface area contributed by atoms with Gasteiger partial charge in [0.1, 0.15) is 0 Å². The zero-order chi connectivity index (χ0) is 44.8. The fraction of sp³-hybridized carbons (Fsp3) is 0.0154. The SMILES string of the molecule is c1ccc(N(c2ccc3c4ccccc4n(-c4ccccc4)c3c2)c2cccc3c2-c2ccccc2C32c3ccccc3-c3cc4ccccc4c(N(c4ccccc4)c4ccccc4)c32)cc1. The molecule has 0 saturated carbocycles. The Balaban J connectivity index is 1.10. The monoisotopic (exact) mass is 865 g/mol. The van der Waals surface area contributed by atoms with E-state index in [-0.39, 0.29) is 0 Å². The van der Waals surface area contributed by atoms with Gasteiger partial charge in [-0.2, -0.15) is 0 Å². The van der Waals surface area contributed by atoms with E-state index in [1.165, 1.54) is 77.3 Å². The van der Waals surface area contributed by atoms with E-state index >= 15 is 0 Å². The first-order valence-electron chi connectivity index (χ1n) is 23.5. The van der Waals surface area contributed by atoms with Crippen molar-refractivity contribution in [3.05, 3.63) is 283 Å². The van der Waals surface area contributed by atoms with Crippen LogP contribution in [0.2, 0.25) is 0 Å². The van der Waals surface area contributed by atoms with Crippen molar-refractivity contribution in [1.29, 1.82) is 0 Å². The lowest BCUT2D eigenvalue weighted by molar-refractivity contribution is 0.794. The predicted octanol–water partition coefficient (Wildman–Crippen LogP) is 17.2. The second-order valence-electron chi connectivity index (χ2n) is 18.0. The van der Waals surface area contributed by atoms with Gasteiger partial charge in [-0.15, -0.1) is 0 Å². The van der Waals surface area contributed by atoms with Crippen molar-refractivity contribution in [3.8, 4) is 27.9 Å². The Bertz CT molecular complexity index is 3870. The number of aromatic nitrogens is 1. The van der Waals surface area contributed by atoms with Crippen molar-refractivity contribution in [2.45, 2.75) is 5.41 Å². The van der Waals surface area contributed by atoms with Crippen LogP contribution in [0.4, 0.5) is 34.1 Å². The second-order valence-corrected chi connectivity index (χ2v) is 18.0. The summed E-state index contributed by atoms with van der Waals surface area (Å²) in [6.45, 7) is 0. The third-order valence-electron chi connectivity index (χ3n) is 14.5. The van der Waals surface area contributed by atoms with Gasteiger partial charge in [0.2, 0.25) is 0 Å². The Labute approximate surface area is 395 Å². The van der Waals surface area contributed by atoms with Gasteiger partial charge in [0, 0.05) is 55.7 Å². The maximum atomic E-state index is 2.51. The third-order valence-corrected chi connectivity index (χ3v) is 14.5. The highest BCUT2D eigenvalue weighted by Crippen LogP contribution is 2.68. The molecule has 0 radical (unpaired) electrons. The van der Waals surface area contributed by atoms with E-state index in [0.717, 1.165) is 39.6 Å². The van der Waals surface area contributed by atoms with Gasteiger partial charge in [0.05, 0.1) is 27.8 Å². The zero-order valence-electron chi connectivity index (χ0n) is 37.2. The predicted molar refractivity (Wildman–Crippen MR) is 284 cm³/mol. The number of nitrogens with zero attached hydrogens (tertiary/aromatic N) is 3. The molecular weight excluding hydrogens is 823 g/mol. The van der Waals surface area contributed by atoms with E-state index in [1.54, 1.807) is 0 Å². The molecule has 1 atom stereocenters. The van der Waals surface area contributed by atoms with Crippen LogP contribution < -0.4 is 9.80 Å². The van der Waals surface area contributed by atoms with Gasteiger partial charge < -0.3 is 14.4 Å². The molecule has 1 aromatic heterocycles. The van der Waals surface area contributed by atoms with Crippen LogP contribution in [0.15, 0.2) is 261 Å². The molecule has 0 saturated heterocycles. The Morgan fingerprint density at radius 3 is 1.56 bits per heavy atom. The van der Waals surface area contributed by atoms with Crippen LogP contribution in [-0.4, -0.2) is 4.57 Å². The molecule has 2 aliphatic rings. The fourth-order valence-corrected chi connectivity index (χ4v) is 11.9. The van der Waals surface area contributed by atoms with Gasteiger partial charge in [-0.25, -0.2) is 0 Å². The molecule has 68 heavy (non-hydrogen) atoms. The standard InChI is InChI=1S/C65H43N3/c1-5-23-45(24-6-1)66(49-40-41-53-52-33-17-20-38-59(52)68(61(53)43-49)48-29-11-4-12-30-48)60-39-21-37-58-62(60)54-34-16-19-36-57(54)65(58)56-35-18-15-32-51(56)55-42-44-22-13-14-31-50(44)64(63(55)65)67(46-25-7-2-8-26-46)47-27-9-3-10-28-47/h1-43H. The molecular formula is C65H43N3. The largest absolute Gasteiger partial charge is 0.310 e. The van der Waals surface area contributed by atoms with Crippen molar-refractivity contribution in [2.75, 3.05) is 9.80 Å². The van der Waals surface area contributed by atoms with Gasteiger partial charge in [-0.1, -0.05) is 182 Å². The number of hydrogen-bond donors (Lipinski definition) is 0. The lowest BCUT2D eigenvalue weighted by Crippen LogP contribution is -2.28. The third kappa shape index (κ3) is 5.41. The van der Waals surface area contributed by atoms with Gasteiger partial charge >= 0.3 is 0 Å². The van der Waals surface area contributed by atoms with Crippen LogP contribution in [0.25, 0.3) is 60.5 Å². The molecule has 2 aliphatic carbocycles. The number of rotatable bonds is 7. The van der Waals surface area contributed by atoms with Crippen LogP contribution in [0.5, 0.6) is 0 Å². The van der Waals surface area contributed by atoms with E-state index in [2.05, 4.69) is 275 Å². The van der Waals surface area contributed by atoms with E-state index in [0.29, 0.717) is 0 Å². The van der Waals surface area contributed by atoms with E-state index in [9.17, 15) is 0 Å². The van der Waals surface area contributed by atoms with Crippen molar-refractivity contribution >= 4 is 66.7 Å². The quantitative estimate of drug-likeness (QED) is 0.158. The molecule has 318 valence electrons. The van der Waals surface area contributed by atoms with Crippen LogP contribution >= 0.6 is 0 Å². The van der Waals surface area contributed by atoms with Gasteiger partial charge in [-0.05, 0) is 118 Å². The summed E-state index contributed by atoms with van der Waals surface area (Å²) in [4.78, 5) is 5.00. The first-order valence-corrected chi connectivity index (χ1v) is 23.5. The Morgan fingerprint density at radius 2 is 0.853 bits per heavy atom. The molecule has 0 aliphatic heterocycles. The minimum absolute atomic E-state index is 0.666. The van der Waals surface area contributed by atoms with Crippen LogP contribution in [0.3, 0.4) is 0 Å². The minimum Gasteiger partial charge on any atom is -0.310 e. The van der Waals surface area contributed by atoms with Gasteiger partial charge in [-0.3, -0.25) is 0 Å². The Hall–Kier alpha value is -8.92. The summed E-state index contributed by atoms with van der Waals surface area (Å²) >= 11 is 0. The Kier molecular flexibility index (Phi) is 8.50. The summed E-state index contributed by atoms with van der Waals surface area (Å²) in [5.41, 5.74) is 19.8. The average Bonchev–Trinajstić information content (AvgIpc) is 4.01. The van der Waals surface area contributed by atoms with Crippen molar-refractivity contribution < 1.29 is 0 Å². The first-order chi connectivity index (χ1) is 33.8. The highest BCUT2D eigenvalue weighted by atomic mass is 15.2. The molecule has 14 rings (SSSR count). The molecule has 0 amide bonds. The van der Waals surface area contributed by atoms with Crippen molar-refractivity contribution in [1.82, 2.24) is 4.57 Å². The molecule has 0 N–H and O–H groups in total. The highest BCUT2D eigenvalue weighted by molar-refractivity contribution is 6.13. The number of anilines is 6. The minimum atomic E-state index is -0.666. The average molecular weight is 866 g/mol. The van der Waals surface area contributed by atoms with E-state index < -0.39 is 5.41 Å². The van der Waals surface area contributed by atoms with Crippen LogP contribution in [0, 0.1) is 0 Å². The molecule has 1 heterocycles. The number of hydrogen-bond acceptors (Lipinski definition) is 2. The summed E-state index contributed by atoms with van der Waals surface area (Å²) in [6.07, 6.45) is 0. The normalized spacial score (nSPS) is 14.2. The number of fused-ring (bicyclic) bond motifs is 14. The maximum absolute atomic E-state index is 2.51. The summed E-state index contributed by atoms with van der Waals surface area (Å²) < 4.78 is 2.42. The summed E-state index contributed by atoms with van der Waals surface area (Å²) in [7, 11) is 0. The molecule has 0 fully saturated rings. The van der Waals surface area contributed by atoms with Crippen molar-refractivity contribution in [2.24, 2.45) is 0 Å². The topological polar surface area (TPSA) is 11.4 Å². The molecule has 12 aromatic rings. The summed E-state index contributed by atoms with van der Waals surface area (Å²) in [5, 5.41) is 4.89. The fourth-order valence-electron chi connectivity index (χ4n) is 11.9. The van der Waals surface area contributed by atoms with Gasteiger partial charge in [0.25, 0.3) is 0 Å². The number of para-hydroxylation sites is 5. The highest BCUT2D eigenvalue weighted by Gasteiger charge is 2.54. The molecule has 0 bridgehead atoms. The molecule has 3 nitrogen and oxygen atoms in total. The van der Waals surface area contributed by atoms with Gasteiger partial charge in [0.15, 0.2) is 0 Å². The van der Waals surface area contributed by atoms with Crippen molar-refractivity contribution in [3.63, 3.8) is 0 Å². The van der Waals surface area contributed by atoms with E-state index in [1.807, 2.05) is 0 Å². The molecule has 11 aromatic carbocycles. The van der Waals surface area contributed by atoms with Crippen LogP contribution in [0.1, 0.15) is 22.3 Å². The molecule has 1 spiro atoms. The summed E-state index contributed by atoms with van der Waals surface area (Å²) in [5.74, 6) is 0. The Morgan fingerprint density at radius 1 is 0.324 bits per heavy atom. The lowest BCUT2D eigenvalue weighted by atomic mass is 9.69. The van der Waals surface area contributed by atoms with Crippen LogP contribution in [-0.2, 0) is 5.41 Å². The number of benzene rings is 11. The first kappa shape index (κ1) is 38.4. The lowest BCUT2D eigenvalue weighted by Gasteiger charge is -2.37. The molecule has 3 heteroatoms.